The van der Waals surface area contributed by atoms with Crippen molar-refractivity contribution in [3.63, 3.8) is 0 Å². The fourth-order valence-corrected chi connectivity index (χ4v) is 1.90. The van der Waals surface area contributed by atoms with Crippen LogP contribution in [0.5, 0.6) is 0 Å². The second kappa shape index (κ2) is 7.43. The molecule has 0 aromatic heterocycles. The van der Waals surface area contributed by atoms with Crippen LogP contribution in [-0.4, -0.2) is 37.2 Å². The maximum atomic E-state index is 5.68. The smallest absolute Gasteiger partial charge is 0.0695 e. The standard InChI is InChI=1S/C14H24N2O/c1-12(13(2)17-3)16(10-9-15)11-14-7-5-4-6-8-14/h4-8,12-13H,9-11,15H2,1-3H3. The molecule has 0 amide bonds. The summed E-state index contributed by atoms with van der Waals surface area (Å²) < 4.78 is 5.39. The lowest BCUT2D eigenvalue weighted by Gasteiger charge is -2.32. The van der Waals surface area contributed by atoms with Gasteiger partial charge in [-0.25, -0.2) is 0 Å². The lowest BCUT2D eigenvalue weighted by molar-refractivity contribution is 0.0311. The van der Waals surface area contributed by atoms with E-state index in [1.165, 1.54) is 5.56 Å². The lowest BCUT2D eigenvalue weighted by atomic mass is 10.1. The number of benzene rings is 1. The molecule has 0 spiro atoms. The molecule has 2 unspecified atom stereocenters. The van der Waals surface area contributed by atoms with Crippen molar-refractivity contribution in [3.8, 4) is 0 Å². The highest BCUT2D eigenvalue weighted by Crippen LogP contribution is 2.11. The largest absolute Gasteiger partial charge is 0.380 e. The van der Waals surface area contributed by atoms with Gasteiger partial charge in [0.2, 0.25) is 0 Å². The first-order valence-electron chi connectivity index (χ1n) is 6.20. The molecule has 0 aliphatic carbocycles. The molecule has 0 heterocycles. The van der Waals surface area contributed by atoms with Crippen LogP contribution in [0.4, 0.5) is 0 Å². The molecule has 0 fully saturated rings. The van der Waals surface area contributed by atoms with Crippen LogP contribution in [0.1, 0.15) is 19.4 Å². The molecule has 0 aliphatic heterocycles. The number of ether oxygens (including phenoxy) is 1. The minimum Gasteiger partial charge on any atom is -0.380 e. The van der Waals surface area contributed by atoms with Crippen LogP contribution in [0.2, 0.25) is 0 Å². The van der Waals surface area contributed by atoms with Gasteiger partial charge in [0.25, 0.3) is 0 Å². The van der Waals surface area contributed by atoms with Gasteiger partial charge < -0.3 is 10.5 Å². The van der Waals surface area contributed by atoms with E-state index in [0.717, 1.165) is 13.1 Å². The van der Waals surface area contributed by atoms with Crippen molar-refractivity contribution in [2.24, 2.45) is 5.73 Å². The van der Waals surface area contributed by atoms with Crippen LogP contribution < -0.4 is 5.73 Å². The van der Waals surface area contributed by atoms with Crippen LogP contribution in [0.15, 0.2) is 30.3 Å². The number of methoxy groups -OCH3 is 1. The van der Waals surface area contributed by atoms with Gasteiger partial charge in [-0.3, -0.25) is 4.90 Å². The molecule has 2 atom stereocenters. The van der Waals surface area contributed by atoms with Crippen LogP contribution in [0.3, 0.4) is 0 Å². The second-order valence-corrected chi connectivity index (χ2v) is 4.43. The van der Waals surface area contributed by atoms with Crippen molar-refractivity contribution < 1.29 is 4.74 Å². The Bertz CT molecular complexity index is 302. The van der Waals surface area contributed by atoms with E-state index >= 15 is 0 Å². The fraction of sp³-hybridized carbons (Fsp3) is 0.571. The Morgan fingerprint density at radius 1 is 1.24 bits per heavy atom. The number of nitrogens with two attached hydrogens (primary N) is 1. The Labute approximate surface area is 105 Å². The molecule has 0 saturated heterocycles. The number of hydrogen-bond donors (Lipinski definition) is 1. The molecule has 0 radical (unpaired) electrons. The molecule has 1 rings (SSSR count). The summed E-state index contributed by atoms with van der Waals surface area (Å²) in [6, 6.07) is 10.8. The summed E-state index contributed by atoms with van der Waals surface area (Å²) in [5.41, 5.74) is 7.00. The Hall–Kier alpha value is -0.900. The highest BCUT2D eigenvalue weighted by molar-refractivity contribution is 5.14. The molecule has 3 nitrogen and oxygen atoms in total. The zero-order valence-corrected chi connectivity index (χ0v) is 11.1. The number of rotatable bonds is 7. The zero-order chi connectivity index (χ0) is 12.7. The third kappa shape index (κ3) is 4.46. The maximum absolute atomic E-state index is 5.68. The lowest BCUT2D eigenvalue weighted by Crippen LogP contribution is -2.43. The van der Waals surface area contributed by atoms with E-state index in [2.05, 4.69) is 43.0 Å². The summed E-state index contributed by atoms with van der Waals surface area (Å²) in [6.07, 6.45) is 0.213. The molecule has 0 aliphatic rings. The van der Waals surface area contributed by atoms with E-state index in [-0.39, 0.29) is 6.10 Å². The zero-order valence-electron chi connectivity index (χ0n) is 11.1. The third-order valence-electron chi connectivity index (χ3n) is 3.27. The van der Waals surface area contributed by atoms with Gasteiger partial charge in [-0.2, -0.15) is 0 Å². The Morgan fingerprint density at radius 2 is 1.88 bits per heavy atom. The van der Waals surface area contributed by atoms with E-state index in [1.807, 2.05) is 6.07 Å². The van der Waals surface area contributed by atoms with Crippen molar-refractivity contribution in [3.05, 3.63) is 35.9 Å². The number of hydrogen-bond acceptors (Lipinski definition) is 3. The van der Waals surface area contributed by atoms with Crippen molar-refractivity contribution in [2.45, 2.75) is 32.5 Å². The molecule has 0 saturated carbocycles. The van der Waals surface area contributed by atoms with Crippen LogP contribution in [0, 0.1) is 0 Å². The van der Waals surface area contributed by atoms with Crippen molar-refractivity contribution >= 4 is 0 Å². The SMILES string of the molecule is COC(C)C(C)N(CCN)Cc1ccccc1. The van der Waals surface area contributed by atoms with Gasteiger partial charge >= 0.3 is 0 Å². The summed E-state index contributed by atoms with van der Waals surface area (Å²) in [7, 11) is 1.75. The predicted molar refractivity (Wildman–Crippen MR) is 71.8 cm³/mol. The highest BCUT2D eigenvalue weighted by Gasteiger charge is 2.19. The minimum atomic E-state index is 0.213. The monoisotopic (exact) mass is 236 g/mol. The summed E-state index contributed by atoms with van der Waals surface area (Å²) in [5, 5.41) is 0. The Morgan fingerprint density at radius 3 is 2.41 bits per heavy atom. The quantitative estimate of drug-likeness (QED) is 0.785. The molecule has 1 aromatic carbocycles. The summed E-state index contributed by atoms with van der Waals surface area (Å²) in [4.78, 5) is 2.36. The van der Waals surface area contributed by atoms with Crippen molar-refractivity contribution in [1.82, 2.24) is 4.90 Å². The Kier molecular flexibility index (Phi) is 6.19. The normalized spacial score (nSPS) is 14.9. The average Bonchev–Trinajstić information content (AvgIpc) is 2.37. The average molecular weight is 236 g/mol. The maximum Gasteiger partial charge on any atom is 0.0695 e. The van der Waals surface area contributed by atoms with Crippen LogP contribution in [-0.2, 0) is 11.3 Å². The van der Waals surface area contributed by atoms with Gasteiger partial charge in [0, 0.05) is 32.8 Å². The van der Waals surface area contributed by atoms with Gasteiger partial charge in [-0.15, -0.1) is 0 Å². The van der Waals surface area contributed by atoms with E-state index in [0.29, 0.717) is 12.6 Å². The van der Waals surface area contributed by atoms with Crippen LogP contribution in [0.25, 0.3) is 0 Å². The first kappa shape index (κ1) is 14.2. The van der Waals surface area contributed by atoms with E-state index in [1.54, 1.807) is 7.11 Å². The number of nitrogens with zero attached hydrogens (tertiary/aromatic N) is 1. The summed E-state index contributed by atoms with van der Waals surface area (Å²) in [5.74, 6) is 0. The van der Waals surface area contributed by atoms with E-state index in [9.17, 15) is 0 Å². The second-order valence-electron chi connectivity index (χ2n) is 4.43. The van der Waals surface area contributed by atoms with Gasteiger partial charge in [-0.05, 0) is 19.4 Å². The molecular weight excluding hydrogens is 212 g/mol. The first-order chi connectivity index (χ1) is 8.19. The van der Waals surface area contributed by atoms with Crippen molar-refractivity contribution in [2.75, 3.05) is 20.2 Å². The molecule has 1 aromatic rings. The van der Waals surface area contributed by atoms with Gasteiger partial charge in [0.1, 0.15) is 0 Å². The molecule has 0 bridgehead atoms. The van der Waals surface area contributed by atoms with E-state index in [4.69, 9.17) is 10.5 Å². The van der Waals surface area contributed by atoms with Gasteiger partial charge in [-0.1, -0.05) is 30.3 Å². The summed E-state index contributed by atoms with van der Waals surface area (Å²) >= 11 is 0. The van der Waals surface area contributed by atoms with E-state index < -0.39 is 0 Å². The first-order valence-corrected chi connectivity index (χ1v) is 6.20. The van der Waals surface area contributed by atoms with Crippen LogP contribution >= 0.6 is 0 Å². The van der Waals surface area contributed by atoms with Crippen molar-refractivity contribution in [1.29, 1.82) is 0 Å². The molecule has 2 N–H and O–H groups in total. The summed E-state index contributed by atoms with van der Waals surface area (Å²) in [6.45, 7) is 6.77. The minimum absolute atomic E-state index is 0.213. The predicted octanol–water partition coefficient (Wildman–Crippen LogP) is 1.87. The molecule has 96 valence electrons. The van der Waals surface area contributed by atoms with Gasteiger partial charge in [0.05, 0.1) is 6.10 Å². The third-order valence-corrected chi connectivity index (χ3v) is 3.27. The molecular formula is C14H24N2O. The molecule has 17 heavy (non-hydrogen) atoms. The van der Waals surface area contributed by atoms with Gasteiger partial charge in [0.15, 0.2) is 0 Å². The topological polar surface area (TPSA) is 38.5 Å². The highest BCUT2D eigenvalue weighted by atomic mass is 16.5. The molecule has 3 heteroatoms. The fourth-order valence-electron chi connectivity index (χ4n) is 1.90. The Balaban J connectivity index is 2.66.